The molecule has 7 heteroatoms. The Morgan fingerprint density at radius 2 is 2.12 bits per heavy atom. The van der Waals surface area contributed by atoms with Gasteiger partial charge in [0, 0.05) is 30.7 Å². The van der Waals surface area contributed by atoms with Crippen LogP contribution in [0.25, 0.3) is 10.6 Å². The molecule has 0 fully saturated rings. The molecule has 0 spiro atoms. The van der Waals surface area contributed by atoms with Crippen molar-refractivity contribution >= 4 is 17.2 Å². The highest BCUT2D eigenvalue weighted by atomic mass is 32.1. The van der Waals surface area contributed by atoms with Gasteiger partial charge in [0.2, 0.25) is 0 Å². The Morgan fingerprint density at radius 3 is 2.79 bits per heavy atom. The van der Waals surface area contributed by atoms with Gasteiger partial charge in [0.1, 0.15) is 10.7 Å². The molecule has 0 radical (unpaired) electrons. The van der Waals surface area contributed by atoms with E-state index in [9.17, 15) is 9.90 Å². The summed E-state index contributed by atoms with van der Waals surface area (Å²) in [7, 11) is 1.83. The summed E-state index contributed by atoms with van der Waals surface area (Å²) in [6.07, 6.45) is 2.81. The molecule has 1 amide bonds. The first kappa shape index (κ1) is 16.4. The van der Waals surface area contributed by atoms with Crippen LogP contribution in [0.2, 0.25) is 0 Å². The molecule has 0 aliphatic carbocycles. The van der Waals surface area contributed by atoms with Gasteiger partial charge in [0.25, 0.3) is 5.91 Å². The van der Waals surface area contributed by atoms with Crippen LogP contribution in [0.15, 0.2) is 42.0 Å². The van der Waals surface area contributed by atoms with E-state index in [0.717, 1.165) is 21.7 Å². The van der Waals surface area contributed by atoms with Gasteiger partial charge in [0.05, 0.1) is 12.3 Å². The first-order chi connectivity index (χ1) is 11.5. The minimum Gasteiger partial charge on any atom is -0.387 e. The van der Waals surface area contributed by atoms with Crippen molar-refractivity contribution in [2.24, 2.45) is 7.05 Å². The number of aryl methyl sites for hydroxylation is 2. The van der Waals surface area contributed by atoms with Crippen molar-refractivity contribution in [3.05, 3.63) is 58.9 Å². The molecule has 2 heterocycles. The highest BCUT2D eigenvalue weighted by molar-refractivity contribution is 7.13. The normalized spacial score (nSPS) is 12.1. The lowest BCUT2D eigenvalue weighted by atomic mass is 10.1. The van der Waals surface area contributed by atoms with E-state index in [2.05, 4.69) is 15.4 Å². The number of rotatable bonds is 5. The van der Waals surface area contributed by atoms with Crippen LogP contribution < -0.4 is 5.32 Å². The highest BCUT2D eigenvalue weighted by Gasteiger charge is 2.14. The lowest BCUT2D eigenvalue weighted by Gasteiger charge is -2.11. The zero-order chi connectivity index (χ0) is 17.1. The predicted molar refractivity (Wildman–Crippen MR) is 92.8 cm³/mol. The SMILES string of the molecule is Cc1ccc(C(O)CNC(=O)c2csc(-c3cnn(C)c3)n2)cc1. The van der Waals surface area contributed by atoms with E-state index in [1.54, 1.807) is 16.3 Å². The Labute approximate surface area is 143 Å². The second kappa shape index (κ2) is 6.94. The molecule has 24 heavy (non-hydrogen) atoms. The second-order valence-corrected chi connectivity index (χ2v) is 6.44. The van der Waals surface area contributed by atoms with Crippen molar-refractivity contribution in [3.63, 3.8) is 0 Å². The van der Waals surface area contributed by atoms with Crippen LogP contribution in [-0.4, -0.2) is 32.3 Å². The Morgan fingerprint density at radius 1 is 1.38 bits per heavy atom. The summed E-state index contributed by atoms with van der Waals surface area (Å²) in [5.41, 5.74) is 3.12. The van der Waals surface area contributed by atoms with Gasteiger partial charge in [0.15, 0.2) is 0 Å². The molecule has 1 aromatic carbocycles. The molecule has 2 N–H and O–H groups in total. The zero-order valence-corrected chi connectivity index (χ0v) is 14.2. The van der Waals surface area contributed by atoms with Crippen LogP contribution in [0.1, 0.15) is 27.7 Å². The molecule has 0 saturated carbocycles. The van der Waals surface area contributed by atoms with Gasteiger partial charge in [-0.25, -0.2) is 4.98 Å². The fraction of sp³-hybridized carbons (Fsp3) is 0.235. The Balaban J connectivity index is 1.61. The third kappa shape index (κ3) is 3.69. The lowest BCUT2D eigenvalue weighted by Crippen LogP contribution is -2.28. The molecule has 2 aromatic heterocycles. The van der Waals surface area contributed by atoms with Crippen molar-refractivity contribution in [2.45, 2.75) is 13.0 Å². The Kier molecular flexibility index (Phi) is 4.73. The van der Waals surface area contributed by atoms with E-state index in [-0.39, 0.29) is 12.5 Å². The number of thiazole rings is 1. The van der Waals surface area contributed by atoms with Crippen LogP contribution in [0.3, 0.4) is 0 Å². The maximum Gasteiger partial charge on any atom is 0.270 e. The third-order valence-corrected chi connectivity index (χ3v) is 4.50. The van der Waals surface area contributed by atoms with Gasteiger partial charge in [-0.3, -0.25) is 9.48 Å². The van der Waals surface area contributed by atoms with E-state index >= 15 is 0 Å². The molecule has 1 unspecified atom stereocenters. The van der Waals surface area contributed by atoms with Gasteiger partial charge >= 0.3 is 0 Å². The minimum absolute atomic E-state index is 0.141. The first-order valence-electron chi connectivity index (χ1n) is 7.50. The van der Waals surface area contributed by atoms with Gasteiger partial charge in [-0.1, -0.05) is 29.8 Å². The van der Waals surface area contributed by atoms with Crippen molar-refractivity contribution in [3.8, 4) is 10.6 Å². The molecule has 0 saturated heterocycles. The number of aliphatic hydroxyl groups is 1. The summed E-state index contributed by atoms with van der Waals surface area (Å²) in [6.45, 7) is 2.13. The fourth-order valence-corrected chi connectivity index (χ4v) is 3.00. The summed E-state index contributed by atoms with van der Waals surface area (Å²) >= 11 is 1.39. The second-order valence-electron chi connectivity index (χ2n) is 5.58. The summed E-state index contributed by atoms with van der Waals surface area (Å²) in [5, 5.41) is 19.4. The molecule has 3 aromatic rings. The van der Waals surface area contributed by atoms with Crippen molar-refractivity contribution < 1.29 is 9.90 Å². The molecule has 6 nitrogen and oxygen atoms in total. The fourth-order valence-electron chi connectivity index (χ4n) is 2.23. The number of aliphatic hydroxyl groups excluding tert-OH is 1. The van der Waals surface area contributed by atoms with Gasteiger partial charge < -0.3 is 10.4 Å². The first-order valence-corrected chi connectivity index (χ1v) is 8.38. The van der Waals surface area contributed by atoms with E-state index in [1.165, 1.54) is 11.3 Å². The molecule has 0 bridgehead atoms. The maximum atomic E-state index is 12.2. The Hall–Kier alpha value is -2.51. The largest absolute Gasteiger partial charge is 0.387 e. The van der Waals surface area contributed by atoms with Crippen LogP contribution >= 0.6 is 11.3 Å². The number of hydrogen-bond acceptors (Lipinski definition) is 5. The van der Waals surface area contributed by atoms with Gasteiger partial charge in [-0.05, 0) is 12.5 Å². The standard InChI is InChI=1S/C17H18N4O2S/c1-11-3-5-12(6-4-11)15(22)8-18-16(23)14-10-24-17(20-14)13-7-19-21(2)9-13/h3-7,9-10,15,22H,8H2,1-2H3,(H,18,23). The van der Waals surface area contributed by atoms with Crippen molar-refractivity contribution in [1.82, 2.24) is 20.1 Å². The van der Waals surface area contributed by atoms with Crippen LogP contribution in [0, 0.1) is 6.92 Å². The molecule has 0 aliphatic rings. The molecule has 124 valence electrons. The average Bonchev–Trinajstić information content (AvgIpc) is 3.22. The number of benzene rings is 1. The van der Waals surface area contributed by atoms with E-state index in [4.69, 9.17) is 0 Å². The highest BCUT2D eigenvalue weighted by Crippen LogP contribution is 2.23. The summed E-state index contributed by atoms with van der Waals surface area (Å²) in [4.78, 5) is 16.5. The molecular weight excluding hydrogens is 324 g/mol. The van der Waals surface area contributed by atoms with Crippen molar-refractivity contribution in [1.29, 1.82) is 0 Å². The maximum absolute atomic E-state index is 12.2. The number of aromatic nitrogens is 3. The van der Waals surface area contributed by atoms with E-state index in [0.29, 0.717) is 5.69 Å². The minimum atomic E-state index is -0.744. The van der Waals surface area contributed by atoms with Gasteiger partial charge in [-0.15, -0.1) is 11.3 Å². The van der Waals surface area contributed by atoms with Crippen LogP contribution in [0.4, 0.5) is 0 Å². The van der Waals surface area contributed by atoms with Crippen LogP contribution in [0.5, 0.6) is 0 Å². The topological polar surface area (TPSA) is 80.0 Å². The zero-order valence-electron chi connectivity index (χ0n) is 13.4. The van der Waals surface area contributed by atoms with E-state index < -0.39 is 6.10 Å². The van der Waals surface area contributed by atoms with Gasteiger partial charge in [-0.2, -0.15) is 5.10 Å². The number of hydrogen-bond donors (Lipinski definition) is 2. The molecule has 0 aliphatic heterocycles. The van der Waals surface area contributed by atoms with Crippen molar-refractivity contribution in [2.75, 3.05) is 6.54 Å². The smallest absolute Gasteiger partial charge is 0.270 e. The predicted octanol–water partition coefficient (Wildman–Crippen LogP) is 2.32. The quantitative estimate of drug-likeness (QED) is 0.746. The number of nitrogens with one attached hydrogen (secondary N) is 1. The summed E-state index contributed by atoms with van der Waals surface area (Å²) in [6, 6.07) is 7.58. The van der Waals surface area contributed by atoms with E-state index in [1.807, 2.05) is 44.4 Å². The third-order valence-electron chi connectivity index (χ3n) is 3.61. The molecule has 3 rings (SSSR count). The monoisotopic (exact) mass is 342 g/mol. The number of carbonyl (C=O) groups excluding carboxylic acids is 1. The molecular formula is C17H18N4O2S. The molecule has 1 atom stereocenters. The summed E-state index contributed by atoms with van der Waals surface area (Å²) < 4.78 is 1.69. The Bertz CT molecular complexity index is 838. The lowest BCUT2D eigenvalue weighted by molar-refractivity contribution is 0.0912. The number of nitrogens with zero attached hydrogens (tertiary/aromatic N) is 3. The average molecular weight is 342 g/mol. The summed E-state index contributed by atoms with van der Waals surface area (Å²) in [5.74, 6) is -0.299. The number of amides is 1. The van der Waals surface area contributed by atoms with Crippen LogP contribution in [-0.2, 0) is 7.05 Å². The number of carbonyl (C=O) groups is 1.